The Hall–Kier alpha value is -2.38. The second kappa shape index (κ2) is 9.83. The van der Waals surface area contributed by atoms with E-state index in [0.717, 1.165) is 25.7 Å². The van der Waals surface area contributed by atoms with Crippen LogP contribution >= 0.6 is 0 Å². The largest absolute Gasteiger partial charge is 0.349 e. The molecule has 1 heterocycles. The lowest BCUT2D eigenvalue weighted by Gasteiger charge is -2.39. The maximum absolute atomic E-state index is 12.7. The minimum absolute atomic E-state index is 0.0983. The summed E-state index contributed by atoms with van der Waals surface area (Å²) in [7, 11) is -3.64. The Balaban J connectivity index is 1.29. The van der Waals surface area contributed by atoms with Gasteiger partial charge in [0.15, 0.2) is 0 Å². The number of amides is 1. The van der Waals surface area contributed by atoms with Crippen molar-refractivity contribution < 1.29 is 13.2 Å². The van der Waals surface area contributed by atoms with E-state index in [1.165, 1.54) is 32.4 Å². The quantitative estimate of drug-likeness (QED) is 0.710. The second-order valence-electron chi connectivity index (χ2n) is 8.57. The number of carbonyl (C=O) groups is 1. The molecular formula is C24H31N3O3S. The predicted molar refractivity (Wildman–Crippen MR) is 123 cm³/mol. The van der Waals surface area contributed by atoms with Gasteiger partial charge >= 0.3 is 0 Å². The smallest absolute Gasteiger partial charge is 0.261 e. The van der Waals surface area contributed by atoms with Crippen LogP contribution in [0.5, 0.6) is 0 Å². The first-order chi connectivity index (χ1) is 15.0. The predicted octanol–water partition coefficient (Wildman–Crippen LogP) is 4.01. The Labute approximate surface area is 185 Å². The van der Waals surface area contributed by atoms with Gasteiger partial charge in [-0.15, -0.1) is 0 Å². The fourth-order valence-corrected chi connectivity index (χ4v) is 5.72. The summed E-state index contributed by atoms with van der Waals surface area (Å²) in [5.74, 6) is -0.0983. The molecule has 0 spiro atoms. The maximum Gasteiger partial charge on any atom is 0.261 e. The summed E-state index contributed by atoms with van der Waals surface area (Å²) in [4.78, 5) is 15.5. The molecule has 2 aliphatic rings. The molecule has 2 fully saturated rings. The molecule has 0 radical (unpaired) electrons. The Kier molecular flexibility index (Phi) is 6.92. The molecule has 7 heteroatoms. The van der Waals surface area contributed by atoms with E-state index in [2.05, 4.69) is 14.9 Å². The van der Waals surface area contributed by atoms with E-state index in [0.29, 0.717) is 17.3 Å². The van der Waals surface area contributed by atoms with Gasteiger partial charge in [0.25, 0.3) is 15.9 Å². The van der Waals surface area contributed by atoms with Gasteiger partial charge in [-0.1, -0.05) is 24.6 Å². The standard InChI is InChI=1S/C24H31N3O3S/c28-24(25-20-13-15-22(16-14-20)27-17-5-2-6-18-27)19-9-11-21(12-10-19)26-31(29,30)23-7-3-1-4-8-23/h1,3-4,7-12,20,22,26H,2,5-6,13-18H2,(H,25,28). The van der Waals surface area contributed by atoms with Gasteiger partial charge in [-0.3, -0.25) is 9.52 Å². The molecule has 1 amide bonds. The van der Waals surface area contributed by atoms with Gasteiger partial charge in [-0.2, -0.15) is 0 Å². The van der Waals surface area contributed by atoms with E-state index < -0.39 is 10.0 Å². The zero-order chi connectivity index (χ0) is 21.7. The van der Waals surface area contributed by atoms with Crippen molar-refractivity contribution in [2.75, 3.05) is 17.8 Å². The molecule has 31 heavy (non-hydrogen) atoms. The van der Waals surface area contributed by atoms with Crippen molar-refractivity contribution in [1.29, 1.82) is 0 Å². The van der Waals surface area contributed by atoms with Gasteiger partial charge in [0, 0.05) is 23.3 Å². The summed E-state index contributed by atoms with van der Waals surface area (Å²) in [6, 6.07) is 15.7. The van der Waals surface area contributed by atoms with Crippen LogP contribution in [0.2, 0.25) is 0 Å². The van der Waals surface area contributed by atoms with Crippen molar-refractivity contribution in [2.45, 2.75) is 61.9 Å². The normalized spacial score (nSPS) is 22.6. The van der Waals surface area contributed by atoms with Gasteiger partial charge in [0.1, 0.15) is 0 Å². The number of anilines is 1. The van der Waals surface area contributed by atoms with Crippen LogP contribution in [0.4, 0.5) is 5.69 Å². The minimum atomic E-state index is -3.64. The third-order valence-electron chi connectivity index (χ3n) is 6.39. The number of piperidine rings is 1. The molecular weight excluding hydrogens is 410 g/mol. The van der Waals surface area contributed by atoms with E-state index in [4.69, 9.17) is 0 Å². The topological polar surface area (TPSA) is 78.5 Å². The van der Waals surface area contributed by atoms with Gasteiger partial charge in [0.2, 0.25) is 0 Å². The van der Waals surface area contributed by atoms with E-state index >= 15 is 0 Å². The highest BCUT2D eigenvalue weighted by Gasteiger charge is 2.27. The molecule has 2 aromatic rings. The number of benzene rings is 2. The molecule has 0 aromatic heterocycles. The Morgan fingerprint density at radius 3 is 2.13 bits per heavy atom. The molecule has 2 N–H and O–H groups in total. The first-order valence-corrected chi connectivity index (χ1v) is 12.7. The fourth-order valence-electron chi connectivity index (χ4n) is 4.64. The van der Waals surface area contributed by atoms with Crippen LogP contribution in [0.25, 0.3) is 0 Å². The maximum atomic E-state index is 12.7. The monoisotopic (exact) mass is 441 g/mol. The highest BCUT2D eigenvalue weighted by Crippen LogP contribution is 2.26. The second-order valence-corrected chi connectivity index (χ2v) is 10.3. The van der Waals surface area contributed by atoms with Gasteiger partial charge < -0.3 is 10.2 Å². The van der Waals surface area contributed by atoms with E-state index in [1.807, 2.05) is 0 Å². The lowest BCUT2D eigenvalue weighted by Crippen LogP contribution is -2.45. The zero-order valence-electron chi connectivity index (χ0n) is 17.8. The van der Waals surface area contributed by atoms with Crippen molar-refractivity contribution in [3.8, 4) is 0 Å². The zero-order valence-corrected chi connectivity index (χ0v) is 18.6. The average Bonchev–Trinajstić information content (AvgIpc) is 2.81. The molecule has 1 aliphatic heterocycles. The van der Waals surface area contributed by atoms with Gasteiger partial charge in [0.05, 0.1) is 4.90 Å². The Morgan fingerprint density at radius 1 is 0.839 bits per heavy atom. The number of nitrogens with one attached hydrogen (secondary N) is 2. The number of hydrogen-bond donors (Lipinski definition) is 2. The van der Waals surface area contributed by atoms with Crippen LogP contribution in [-0.2, 0) is 10.0 Å². The first kappa shape index (κ1) is 21.8. The molecule has 0 atom stereocenters. The summed E-state index contributed by atoms with van der Waals surface area (Å²) < 4.78 is 27.4. The number of hydrogen-bond acceptors (Lipinski definition) is 4. The fraction of sp³-hybridized carbons (Fsp3) is 0.458. The Morgan fingerprint density at radius 2 is 1.48 bits per heavy atom. The summed E-state index contributed by atoms with van der Waals surface area (Å²) in [5.41, 5.74) is 0.975. The van der Waals surface area contributed by atoms with Crippen molar-refractivity contribution in [2.24, 2.45) is 0 Å². The van der Waals surface area contributed by atoms with Crippen molar-refractivity contribution >= 4 is 21.6 Å². The van der Waals surface area contributed by atoms with E-state index in [9.17, 15) is 13.2 Å². The number of carbonyl (C=O) groups excluding carboxylic acids is 1. The Bertz CT molecular complexity index is 963. The molecule has 2 aromatic carbocycles. The highest BCUT2D eigenvalue weighted by atomic mass is 32.2. The summed E-state index contributed by atoms with van der Waals surface area (Å²) in [5, 5.41) is 3.16. The number of likely N-dealkylation sites (tertiary alicyclic amines) is 1. The van der Waals surface area contributed by atoms with Crippen LogP contribution in [0.1, 0.15) is 55.3 Å². The third kappa shape index (κ3) is 5.66. The van der Waals surface area contributed by atoms with E-state index in [1.54, 1.807) is 54.6 Å². The van der Waals surface area contributed by atoms with Crippen molar-refractivity contribution in [3.05, 3.63) is 60.2 Å². The van der Waals surface area contributed by atoms with Crippen LogP contribution < -0.4 is 10.0 Å². The van der Waals surface area contributed by atoms with Gasteiger partial charge in [-0.05, 0) is 88.0 Å². The molecule has 166 valence electrons. The third-order valence-corrected chi connectivity index (χ3v) is 7.79. The lowest BCUT2D eigenvalue weighted by atomic mass is 9.89. The molecule has 1 saturated heterocycles. The van der Waals surface area contributed by atoms with Crippen LogP contribution in [0, 0.1) is 0 Å². The first-order valence-electron chi connectivity index (χ1n) is 11.2. The van der Waals surface area contributed by atoms with Crippen LogP contribution in [0.3, 0.4) is 0 Å². The molecule has 4 rings (SSSR count). The highest BCUT2D eigenvalue weighted by molar-refractivity contribution is 7.92. The van der Waals surface area contributed by atoms with Crippen molar-refractivity contribution in [3.63, 3.8) is 0 Å². The van der Waals surface area contributed by atoms with Crippen molar-refractivity contribution in [1.82, 2.24) is 10.2 Å². The molecule has 6 nitrogen and oxygen atoms in total. The van der Waals surface area contributed by atoms with Crippen LogP contribution in [0.15, 0.2) is 59.5 Å². The molecule has 1 saturated carbocycles. The average molecular weight is 442 g/mol. The summed E-state index contributed by atoms with van der Waals surface area (Å²) in [6.45, 7) is 2.45. The summed E-state index contributed by atoms with van der Waals surface area (Å²) >= 11 is 0. The molecule has 0 bridgehead atoms. The van der Waals surface area contributed by atoms with Crippen LogP contribution in [-0.4, -0.2) is 44.4 Å². The molecule has 1 aliphatic carbocycles. The number of sulfonamides is 1. The number of rotatable bonds is 6. The lowest BCUT2D eigenvalue weighted by molar-refractivity contribution is 0.0887. The molecule has 0 unspecified atom stereocenters. The summed E-state index contributed by atoms with van der Waals surface area (Å²) in [6.07, 6.45) is 8.30. The number of nitrogens with zero attached hydrogens (tertiary/aromatic N) is 1. The SMILES string of the molecule is O=C(NC1CCC(N2CCCCC2)CC1)c1ccc(NS(=O)(=O)c2ccccc2)cc1. The van der Waals surface area contributed by atoms with Gasteiger partial charge in [-0.25, -0.2) is 8.42 Å². The minimum Gasteiger partial charge on any atom is -0.349 e. The van der Waals surface area contributed by atoms with E-state index in [-0.39, 0.29) is 16.8 Å².